The number of hydrogen-bond donors (Lipinski definition) is 0. The van der Waals surface area contributed by atoms with Crippen LogP contribution < -0.4 is 14.5 Å². The van der Waals surface area contributed by atoms with Crippen LogP contribution >= 0.6 is 0 Å². The first kappa shape index (κ1) is 19.9. The van der Waals surface area contributed by atoms with Gasteiger partial charge in [0.25, 0.3) is 0 Å². The summed E-state index contributed by atoms with van der Waals surface area (Å²) in [5, 5.41) is 0. The van der Waals surface area contributed by atoms with E-state index in [0.717, 1.165) is 38.2 Å². The van der Waals surface area contributed by atoms with E-state index in [4.69, 9.17) is 4.74 Å². The standard InChI is InChI=1S/C30H28N2O/c1-3-7-28(8-4-1)31-16-15-25-13-11-23(18-26(25)20-31)17-24-12-14-30-27(19-24)21-32(22-33-30)29-9-5-2-6-10-29/h1-14,18-19H,15-17,20-22H2. The molecule has 0 saturated carbocycles. The molecule has 164 valence electrons. The maximum absolute atomic E-state index is 6.04. The Bertz CT molecular complexity index is 1150. The predicted octanol–water partition coefficient (Wildman–Crippen LogP) is 6.20. The van der Waals surface area contributed by atoms with Crippen LogP contribution in [-0.4, -0.2) is 13.3 Å². The molecule has 0 aliphatic carbocycles. The molecule has 2 aliphatic heterocycles. The highest BCUT2D eigenvalue weighted by Gasteiger charge is 2.19. The molecule has 3 heteroatoms. The second-order valence-electron chi connectivity index (χ2n) is 9.04. The van der Waals surface area contributed by atoms with Gasteiger partial charge in [-0.2, -0.15) is 0 Å². The zero-order valence-electron chi connectivity index (χ0n) is 18.8. The minimum Gasteiger partial charge on any atom is -0.473 e. The Morgan fingerprint density at radius 2 is 1.24 bits per heavy atom. The SMILES string of the molecule is c1ccc(N2CCc3ccc(Cc4ccc5c(c4)CN(c4ccccc4)CO5)cc3C2)cc1. The van der Waals surface area contributed by atoms with Crippen LogP contribution in [-0.2, 0) is 25.9 Å². The number of anilines is 2. The van der Waals surface area contributed by atoms with Crippen LogP contribution in [0.2, 0.25) is 0 Å². The second kappa shape index (κ2) is 8.67. The third-order valence-corrected chi connectivity index (χ3v) is 6.80. The molecule has 4 aromatic rings. The fourth-order valence-electron chi connectivity index (χ4n) is 5.03. The normalized spacial score (nSPS) is 14.9. The van der Waals surface area contributed by atoms with Crippen LogP contribution in [0, 0.1) is 0 Å². The summed E-state index contributed by atoms with van der Waals surface area (Å²) in [5.74, 6) is 1.01. The van der Waals surface area contributed by atoms with E-state index in [2.05, 4.69) is 107 Å². The quantitative estimate of drug-likeness (QED) is 0.382. The van der Waals surface area contributed by atoms with Gasteiger partial charge in [-0.15, -0.1) is 0 Å². The van der Waals surface area contributed by atoms with Gasteiger partial charge in [0.15, 0.2) is 6.73 Å². The molecule has 6 rings (SSSR count). The Morgan fingerprint density at radius 3 is 2.00 bits per heavy atom. The lowest BCUT2D eigenvalue weighted by Crippen LogP contribution is -2.31. The molecule has 0 radical (unpaired) electrons. The number of benzene rings is 4. The summed E-state index contributed by atoms with van der Waals surface area (Å²) < 4.78 is 6.04. The maximum Gasteiger partial charge on any atom is 0.161 e. The van der Waals surface area contributed by atoms with Crippen molar-refractivity contribution in [3.63, 3.8) is 0 Å². The summed E-state index contributed by atoms with van der Waals surface area (Å²) in [5.41, 5.74) is 9.43. The summed E-state index contributed by atoms with van der Waals surface area (Å²) in [7, 11) is 0. The molecule has 33 heavy (non-hydrogen) atoms. The van der Waals surface area contributed by atoms with Crippen molar-refractivity contribution < 1.29 is 4.74 Å². The van der Waals surface area contributed by atoms with Crippen molar-refractivity contribution in [1.82, 2.24) is 0 Å². The van der Waals surface area contributed by atoms with Crippen molar-refractivity contribution in [1.29, 1.82) is 0 Å². The van der Waals surface area contributed by atoms with E-state index in [1.54, 1.807) is 0 Å². The Labute approximate surface area is 195 Å². The largest absolute Gasteiger partial charge is 0.473 e. The van der Waals surface area contributed by atoms with Crippen molar-refractivity contribution in [2.75, 3.05) is 23.1 Å². The van der Waals surface area contributed by atoms with Gasteiger partial charge in [-0.25, -0.2) is 0 Å². The smallest absolute Gasteiger partial charge is 0.161 e. The van der Waals surface area contributed by atoms with Gasteiger partial charge in [0, 0.05) is 36.6 Å². The third kappa shape index (κ3) is 4.19. The topological polar surface area (TPSA) is 15.7 Å². The number of nitrogens with zero attached hydrogens (tertiary/aromatic N) is 2. The first-order chi connectivity index (χ1) is 16.3. The van der Waals surface area contributed by atoms with E-state index >= 15 is 0 Å². The van der Waals surface area contributed by atoms with Gasteiger partial charge in [0.05, 0.1) is 0 Å². The van der Waals surface area contributed by atoms with Crippen LogP contribution in [0.1, 0.15) is 27.8 Å². The van der Waals surface area contributed by atoms with Crippen LogP contribution in [0.3, 0.4) is 0 Å². The predicted molar refractivity (Wildman–Crippen MR) is 135 cm³/mol. The van der Waals surface area contributed by atoms with Gasteiger partial charge in [0.2, 0.25) is 0 Å². The van der Waals surface area contributed by atoms with E-state index in [-0.39, 0.29) is 0 Å². The average Bonchev–Trinajstić information content (AvgIpc) is 2.89. The third-order valence-electron chi connectivity index (χ3n) is 6.80. The lowest BCUT2D eigenvalue weighted by molar-refractivity contribution is 0.289. The summed E-state index contributed by atoms with van der Waals surface area (Å²) in [6.07, 6.45) is 2.05. The Morgan fingerprint density at radius 1 is 0.606 bits per heavy atom. The summed E-state index contributed by atoms with van der Waals surface area (Å²) in [6.45, 7) is 3.54. The lowest BCUT2D eigenvalue weighted by Gasteiger charge is -2.31. The Hall–Kier alpha value is -3.72. The van der Waals surface area contributed by atoms with Crippen molar-refractivity contribution >= 4 is 11.4 Å². The number of ether oxygens (including phenoxy) is 1. The average molecular weight is 433 g/mol. The molecule has 0 saturated heterocycles. The molecule has 0 fully saturated rings. The van der Waals surface area contributed by atoms with Crippen molar-refractivity contribution in [2.45, 2.75) is 25.9 Å². The monoisotopic (exact) mass is 432 g/mol. The summed E-state index contributed by atoms with van der Waals surface area (Å²) in [6, 6.07) is 35.0. The van der Waals surface area contributed by atoms with Crippen molar-refractivity contribution in [3.8, 4) is 5.75 Å². The highest BCUT2D eigenvalue weighted by Crippen LogP contribution is 2.30. The highest BCUT2D eigenvalue weighted by atomic mass is 16.5. The number of hydrogen-bond acceptors (Lipinski definition) is 3. The van der Waals surface area contributed by atoms with Crippen molar-refractivity contribution in [3.05, 3.63) is 125 Å². The summed E-state index contributed by atoms with van der Waals surface area (Å²) >= 11 is 0. The molecule has 2 heterocycles. The molecule has 0 unspecified atom stereocenters. The molecule has 0 N–H and O–H groups in total. The van der Waals surface area contributed by atoms with E-state index < -0.39 is 0 Å². The van der Waals surface area contributed by atoms with Gasteiger partial charge in [-0.3, -0.25) is 0 Å². The Kier molecular flexibility index (Phi) is 5.23. The molecular weight excluding hydrogens is 404 g/mol. The number of rotatable bonds is 4. The molecule has 0 amide bonds. The minimum atomic E-state index is 0.596. The minimum absolute atomic E-state index is 0.596. The first-order valence-electron chi connectivity index (χ1n) is 11.8. The molecule has 0 bridgehead atoms. The Balaban J connectivity index is 1.20. The number of fused-ring (bicyclic) bond motifs is 2. The van der Waals surface area contributed by atoms with Crippen LogP contribution in [0.4, 0.5) is 11.4 Å². The van der Waals surface area contributed by atoms with Gasteiger partial charge < -0.3 is 14.5 Å². The van der Waals surface area contributed by atoms with E-state index in [9.17, 15) is 0 Å². The van der Waals surface area contributed by atoms with Gasteiger partial charge in [0.1, 0.15) is 5.75 Å². The molecule has 4 aromatic carbocycles. The van der Waals surface area contributed by atoms with Crippen molar-refractivity contribution in [2.24, 2.45) is 0 Å². The van der Waals surface area contributed by atoms with Gasteiger partial charge in [-0.1, -0.05) is 60.7 Å². The van der Waals surface area contributed by atoms with Crippen LogP contribution in [0.15, 0.2) is 97.1 Å². The van der Waals surface area contributed by atoms with E-state index in [0.29, 0.717) is 6.73 Å². The molecule has 0 spiro atoms. The molecule has 0 aromatic heterocycles. The van der Waals surface area contributed by atoms with E-state index in [1.165, 1.54) is 39.2 Å². The first-order valence-corrected chi connectivity index (χ1v) is 11.8. The summed E-state index contributed by atoms with van der Waals surface area (Å²) in [4.78, 5) is 4.77. The molecule has 2 aliphatic rings. The van der Waals surface area contributed by atoms with Crippen LogP contribution in [0.25, 0.3) is 0 Å². The zero-order chi connectivity index (χ0) is 22.0. The second-order valence-corrected chi connectivity index (χ2v) is 9.04. The lowest BCUT2D eigenvalue weighted by atomic mass is 9.94. The highest BCUT2D eigenvalue weighted by molar-refractivity contribution is 5.52. The molecular formula is C30H28N2O. The fraction of sp³-hybridized carbons (Fsp3) is 0.200. The fourth-order valence-corrected chi connectivity index (χ4v) is 5.03. The maximum atomic E-state index is 6.04. The van der Waals surface area contributed by atoms with Crippen LogP contribution in [0.5, 0.6) is 5.75 Å². The van der Waals surface area contributed by atoms with E-state index in [1.807, 2.05) is 0 Å². The molecule has 3 nitrogen and oxygen atoms in total. The number of para-hydroxylation sites is 2. The van der Waals surface area contributed by atoms with Gasteiger partial charge in [-0.05, 0) is 71.5 Å². The molecule has 0 atom stereocenters. The van der Waals surface area contributed by atoms with Gasteiger partial charge >= 0.3 is 0 Å². The zero-order valence-corrected chi connectivity index (χ0v) is 18.8.